The second-order valence-electron chi connectivity index (χ2n) is 4.26. The minimum Gasteiger partial charge on any atom is -0.478 e. The minimum atomic E-state index is -1.01. The third-order valence-electron chi connectivity index (χ3n) is 2.78. The topological polar surface area (TPSA) is 117 Å². The van der Waals surface area contributed by atoms with Gasteiger partial charge in [0.1, 0.15) is 0 Å². The maximum atomic E-state index is 11.7. The number of nitrogens with two attached hydrogens (primary N) is 1. The van der Waals surface area contributed by atoms with Crippen molar-refractivity contribution in [2.75, 3.05) is 11.1 Å². The lowest BCUT2D eigenvalue weighted by Crippen LogP contribution is -2.28. The third-order valence-corrected chi connectivity index (χ3v) is 2.78. The van der Waals surface area contributed by atoms with Gasteiger partial charge < -0.3 is 21.5 Å². The first-order valence-electron chi connectivity index (χ1n) is 6.13. The van der Waals surface area contributed by atoms with E-state index in [1.165, 1.54) is 30.5 Å². The number of aromatic nitrogens is 1. The highest BCUT2D eigenvalue weighted by atomic mass is 16.4. The number of carboxylic acids is 1. The maximum absolute atomic E-state index is 11.7. The summed E-state index contributed by atoms with van der Waals surface area (Å²) in [4.78, 5) is 26.3. The summed E-state index contributed by atoms with van der Waals surface area (Å²) in [7, 11) is 0. The van der Waals surface area contributed by atoms with E-state index in [9.17, 15) is 9.59 Å². The van der Waals surface area contributed by atoms with Crippen LogP contribution in [0.5, 0.6) is 0 Å². The number of nitrogen functional groups attached to an aromatic ring is 1. The van der Waals surface area contributed by atoms with Crippen LogP contribution in [0, 0.1) is 0 Å². The number of carboxylic acid groups (broad SMARTS) is 1. The molecule has 1 aromatic heterocycles. The van der Waals surface area contributed by atoms with Crippen molar-refractivity contribution in [3.8, 4) is 0 Å². The normalized spacial score (nSPS) is 9.90. The molecule has 1 aromatic carbocycles. The van der Waals surface area contributed by atoms with Crippen molar-refractivity contribution in [3.63, 3.8) is 0 Å². The molecule has 7 heteroatoms. The standard InChI is InChI=1S/C14H14N4O3/c15-12-8-16-6-5-10(12)7-17-14(21)18-11-3-1-9(2-4-11)13(19)20/h1-6,8H,7,15H2,(H,19,20)(H2,17,18,21). The van der Waals surface area contributed by atoms with E-state index in [-0.39, 0.29) is 12.1 Å². The van der Waals surface area contributed by atoms with E-state index >= 15 is 0 Å². The second kappa shape index (κ2) is 6.38. The van der Waals surface area contributed by atoms with Gasteiger partial charge in [0.25, 0.3) is 0 Å². The zero-order valence-corrected chi connectivity index (χ0v) is 11.0. The molecule has 0 fully saturated rings. The van der Waals surface area contributed by atoms with E-state index in [1.54, 1.807) is 12.3 Å². The minimum absolute atomic E-state index is 0.158. The van der Waals surface area contributed by atoms with Crippen molar-refractivity contribution in [2.24, 2.45) is 0 Å². The van der Waals surface area contributed by atoms with Crippen LogP contribution in [-0.2, 0) is 6.54 Å². The van der Waals surface area contributed by atoms with E-state index in [1.807, 2.05) is 0 Å². The molecule has 0 bridgehead atoms. The predicted octanol–water partition coefficient (Wildman–Crippen LogP) is 1.68. The zero-order valence-electron chi connectivity index (χ0n) is 11.0. The Morgan fingerprint density at radius 2 is 1.90 bits per heavy atom. The molecule has 0 aliphatic rings. The molecule has 0 radical (unpaired) electrons. The molecule has 0 unspecified atom stereocenters. The molecule has 21 heavy (non-hydrogen) atoms. The van der Waals surface area contributed by atoms with Gasteiger partial charge in [-0.25, -0.2) is 9.59 Å². The van der Waals surface area contributed by atoms with Gasteiger partial charge >= 0.3 is 12.0 Å². The lowest BCUT2D eigenvalue weighted by molar-refractivity contribution is 0.0697. The van der Waals surface area contributed by atoms with E-state index in [0.29, 0.717) is 11.4 Å². The number of benzene rings is 1. The molecule has 0 spiro atoms. The van der Waals surface area contributed by atoms with Gasteiger partial charge in [0, 0.05) is 18.4 Å². The number of amides is 2. The van der Waals surface area contributed by atoms with Crippen LogP contribution in [0.15, 0.2) is 42.7 Å². The molecule has 1 heterocycles. The fourth-order valence-corrected chi connectivity index (χ4v) is 1.64. The fraction of sp³-hybridized carbons (Fsp3) is 0.0714. The Morgan fingerprint density at radius 3 is 2.52 bits per heavy atom. The van der Waals surface area contributed by atoms with Gasteiger partial charge in [-0.1, -0.05) is 0 Å². The monoisotopic (exact) mass is 286 g/mol. The third kappa shape index (κ3) is 3.93. The number of rotatable bonds is 4. The van der Waals surface area contributed by atoms with Crippen molar-refractivity contribution < 1.29 is 14.7 Å². The van der Waals surface area contributed by atoms with Gasteiger partial charge in [-0.2, -0.15) is 0 Å². The Morgan fingerprint density at radius 1 is 1.19 bits per heavy atom. The van der Waals surface area contributed by atoms with Gasteiger partial charge in [-0.05, 0) is 35.9 Å². The average molecular weight is 286 g/mol. The Labute approximate surface area is 120 Å². The van der Waals surface area contributed by atoms with Crippen molar-refractivity contribution in [1.82, 2.24) is 10.3 Å². The maximum Gasteiger partial charge on any atom is 0.335 e. The van der Waals surface area contributed by atoms with Crippen LogP contribution in [0.1, 0.15) is 15.9 Å². The Hall–Kier alpha value is -3.09. The van der Waals surface area contributed by atoms with E-state index in [2.05, 4.69) is 15.6 Å². The van der Waals surface area contributed by atoms with Crippen LogP contribution in [0.3, 0.4) is 0 Å². The number of carbonyl (C=O) groups excluding carboxylic acids is 1. The summed E-state index contributed by atoms with van der Waals surface area (Å²) in [5, 5.41) is 14.0. The molecular formula is C14H14N4O3. The van der Waals surface area contributed by atoms with Crippen LogP contribution in [0.2, 0.25) is 0 Å². The van der Waals surface area contributed by atoms with Gasteiger partial charge in [0.05, 0.1) is 17.4 Å². The molecule has 108 valence electrons. The quantitative estimate of drug-likeness (QED) is 0.682. The number of nitrogens with one attached hydrogen (secondary N) is 2. The summed E-state index contributed by atoms with van der Waals surface area (Å²) in [5.74, 6) is -1.01. The summed E-state index contributed by atoms with van der Waals surface area (Å²) in [5.41, 5.74) is 7.64. The molecule has 0 aliphatic heterocycles. The van der Waals surface area contributed by atoms with E-state index < -0.39 is 12.0 Å². The van der Waals surface area contributed by atoms with Gasteiger partial charge in [0.2, 0.25) is 0 Å². The number of urea groups is 1. The summed E-state index contributed by atoms with van der Waals surface area (Å²) in [6.45, 7) is 0.271. The molecule has 0 saturated carbocycles. The SMILES string of the molecule is Nc1cnccc1CNC(=O)Nc1ccc(C(=O)O)cc1. The molecule has 2 aromatic rings. The van der Waals surface area contributed by atoms with Gasteiger partial charge in [-0.15, -0.1) is 0 Å². The number of anilines is 2. The summed E-state index contributed by atoms with van der Waals surface area (Å²) in [6, 6.07) is 7.18. The van der Waals surface area contributed by atoms with Crippen LogP contribution >= 0.6 is 0 Å². The first-order chi connectivity index (χ1) is 10.1. The molecular weight excluding hydrogens is 272 g/mol. The summed E-state index contributed by atoms with van der Waals surface area (Å²) < 4.78 is 0. The molecule has 2 amide bonds. The summed E-state index contributed by atoms with van der Waals surface area (Å²) >= 11 is 0. The number of pyridine rings is 1. The van der Waals surface area contributed by atoms with Crippen molar-refractivity contribution in [3.05, 3.63) is 53.9 Å². The highest BCUT2D eigenvalue weighted by molar-refractivity contribution is 5.91. The number of aromatic carboxylic acids is 1. The molecule has 0 aliphatic carbocycles. The Kier molecular flexibility index (Phi) is 4.35. The number of hydrogen-bond acceptors (Lipinski definition) is 4. The Balaban J connectivity index is 1.90. The number of nitrogens with zero attached hydrogens (tertiary/aromatic N) is 1. The molecule has 0 saturated heterocycles. The lowest BCUT2D eigenvalue weighted by atomic mass is 10.2. The van der Waals surface area contributed by atoms with Crippen LogP contribution in [0.25, 0.3) is 0 Å². The second-order valence-corrected chi connectivity index (χ2v) is 4.26. The van der Waals surface area contributed by atoms with E-state index in [0.717, 1.165) is 5.56 Å². The average Bonchev–Trinajstić information content (AvgIpc) is 2.47. The lowest BCUT2D eigenvalue weighted by Gasteiger charge is -2.09. The largest absolute Gasteiger partial charge is 0.478 e. The van der Waals surface area contributed by atoms with Gasteiger partial charge in [-0.3, -0.25) is 4.98 Å². The van der Waals surface area contributed by atoms with Crippen LogP contribution < -0.4 is 16.4 Å². The van der Waals surface area contributed by atoms with Crippen molar-refractivity contribution >= 4 is 23.4 Å². The highest BCUT2D eigenvalue weighted by Crippen LogP contribution is 2.10. The fourth-order valence-electron chi connectivity index (χ4n) is 1.64. The number of hydrogen-bond donors (Lipinski definition) is 4. The highest BCUT2D eigenvalue weighted by Gasteiger charge is 2.05. The predicted molar refractivity (Wildman–Crippen MR) is 77.9 cm³/mol. The Bertz CT molecular complexity index is 656. The van der Waals surface area contributed by atoms with Gasteiger partial charge in [0.15, 0.2) is 0 Å². The summed E-state index contributed by atoms with van der Waals surface area (Å²) in [6.07, 6.45) is 3.11. The first kappa shape index (κ1) is 14.3. The van der Waals surface area contributed by atoms with Crippen molar-refractivity contribution in [2.45, 2.75) is 6.54 Å². The van der Waals surface area contributed by atoms with Crippen molar-refractivity contribution in [1.29, 1.82) is 0 Å². The smallest absolute Gasteiger partial charge is 0.335 e. The van der Waals surface area contributed by atoms with E-state index in [4.69, 9.17) is 10.8 Å². The van der Waals surface area contributed by atoms with Crippen LogP contribution in [0.4, 0.5) is 16.2 Å². The first-order valence-corrected chi connectivity index (χ1v) is 6.13. The zero-order chi connectivity index (χ0) is 15.2. The molecule has 5 N–H and O–H groups in total. The number of carbonyl (C=O) groups is 2. The molecule has 7 nitrogen and oxygen atoms in total. The molecule has 0 atom stereocenters. The molecule has 2 rings (SSSR count). The van der Waals surface area contributed by atoms with Crippen LogP contribution in [-0.4, -0.2) is 22.1 Å².